The standard InChI is InChI=1S/C21H16Cl2N2O4S/c1-3-12(2)21(26)15-8-9-17(20(23)19(15)22)29-10-18-24-16(11-30-18)13-4-6-14(7-5-13)25(27)28/h4-9,11H,2-3,10H2,1H3. The van der Waals surface area contributed by atoms with E-state index < -0.39 is 4.92 Å². The molecule has 3 aromatic rings. The van der Waals surface area contributed by atoms with Crippen LogP contribution < -0.4 is 4.74 Å². The Morgan fingerprint density at radius 2 is 1.90 bits per heavy atom. The van der Waals surface area contributed by atoms with Crippen molar-refractivity contribution in [2.24, 2.45) is 0 Å². The summed E-state index contributed by atoms with van der Waals surface area (Å²) in [5, 5.41) is 13.6. The second-order valence-corrected chi connectivity index (χ2v) is 7.94. The smallest absolute Gasteiger partial charge is 0.269 e. The molecule has 1 heterocycles. The van der Waals surface area contributed by atoms with Crippen molar-refractivity contribution in [1.82, 2.24) is 4.98 Å². The zero-order valence-corrected chi connectivity index (χ0v) is 18.2. The van der Waals surface area contributed by atoms with Gasteiger partial charge in [-0.2, -0.15) is 0 Å². The van der Waals surface area contributed by atoms with Crippen LogP contribution in [0.2, 0.25) is 10.0 Å². The number of hydrogen-bond donors (Lipinski definition) is 0. The molecule has 0 aliphatic heterocycles. The number of carbonyl (C=O) groups is 1. The topological polar surface area (TPSA) is 82.3 Å². The molecule has 0 aliphatic rings. The number of carbonyl (C=O) groups excluding carboxylic acids is 1. The highest BCUT2D eigenvalue weighted by atomic mass is 35.5. The zero-order chi connectivity index (χ0) is 21.8. The molecule has 0 fully saturated rings. The molecule has 3 rings (SSSR count). The van der Waals surface area contributed by atoms with E-state index in [9.17, 15) is 14.9 Å². The van der Waals surface area contributed by atoms with E-state index >= 15 is 0 Å². The minimum absolute atomic E-state index is 0.0218. The first-order chi connectivity index (χ1) is 14.3. The predicted octanol–water partition coefficient (Wildman–Crippen LogP) is 6.75. The number of nitrogens with zero attached hydrogens (tertiary/aromatic N) is 2. The normalized spacial score (nSPS) is 10.6. The number of rotatable bonds is 8. The molecular formula is C21H16Cl2N2O4S. The van der Waals surface area contributed by atoms with Gasteiger partial charge < -0.3 is 4.74 Å². The highest BCUT2D eigenvalue weighted by molar-refractivity contribution is 7.09. The van der Waals surface area contributed by atoms with Crippen LogP contribution >= 0.6 is 34.5 Å². The quantitative estimate of drug-likeness (QED) is 0.160. The van der Waals surface area contributed by atoms with E-state index in [0.29, 0.717) is 28.4 Å². The van der Waals surface area contributed by atoms with Crippen LogP contribution in [0.15, 0.2) is 53.9 Å². The van der Waals surface area contributed by atoms with Gasteiger partial charge in [-0.1, -0.05) is 36.7 Å². The third kappa shape index (κ3) is 4.70. The first kappa shape index (κ1) is 22.0. The summed E-state index contributed by atoms with van der Waals surface area (Å²) >= 11 is 13.9. The second-order valence-electron chi connectivity index (χ2n) is 6.24. The van der Waals surface area contributed by atoms with Gasteiger partial charge in [0.15, 0.2) is 5.78 Å². The molecule has 1 aromatic heterocycles. The number of aromatic nitrogens is 1. The Labute approximate surface area is 186 Å². The van der Waals surface area contributed by atoms with Crippen molar-refractivity contribution in [3.05, 3.63) is 84.7 Å². The van der Waals surface area contributed by atoms with Crippen molar-refractivity contribution >= 4 is 46.0 Å². The molecule has 30 heavy (non-hydrogen) atoms. The average molecular weight is 463 g/mol. The third-order valence-corrected chi connectivity index (χ3v) is 6.00. The summed E-state index contributed by atoms with van der Waals surface area (Å²) in [6.07, 6.45) is 0.520. The second kappa shape index (κ2) is 9.38. The lowest BCUT2D eigenvalue weighted by molar-refractivity contribution is -0.384. The summed E-state index contributed by atoms with van der Waals surface area (Å²) in [5.41, 5.74) is 2.21. The van der Waals surface area contributed by atoms with Gasteiger partial charge in [0.25, 0.3) is 5.69 Å². The lowest BCUT2D eigenvalue weighted by Gasteiger charge is -2.11. The maximum atomic E-state index is 12.3. The minimum Gasteiger partial charge on any atom is -0.485 e. The number of ether oxygens (including phenoxy) is 1. The Morgan fingerprint density at radius 1 is 1.20 bits per heavy atom. The Balaban J connectivity index is 1.72. The average Bonchev–Trinajstić information content (AvgIpc) is 3.23. The third-order valence-electron chi connectivity index (χ3n) is 4.32. The van der Waals surface area contributed by atoms with Gasteiger partial charge in [-0.25, -0.2) is 4.98 Å². The molecule has 0 saturated carbocycles. The first-order valence-electron chi connectivity index (χ1n) is 8.84. The molecule has 154 valence electrons. The zero-order valence-electron chi connectivity index (χ0n) is 15.9. The van der Waals surface area contributed by atoms with Crippen molar-refractivity contribution in [3.8, 4) is 17.0 Å². The van der Waals surface area contributed by atoms with Crippen molar-refractivity contribution in [2.75, 3.05) is 0 Å². The van der Waals surface area contributed by atoms with E-state index in [2.05, 4.69) is 11.6 Å². The number of allylic oxidation sites excluding steroid dienone is 1. The van der Waals surface area contributed by atoms with Gasteiger partial charge in [-0.3, -0.25) is 14.9 Å². The summed E-state index contributed by atoms with van der Waals surface area (Å²) in [4.78, 5) is 27.1. The number of ketones is 1. The molecule has 0 amide bonds. The van der Waals surface area contributed by atoms with Gasteiger partial charge in [0.2, 0.25) is 0 Å². The van der Waals surface area contributed by atoms with Crippen LogP contribution in [0.3, 0.4) is 0 Å². The molecule has 6 nitrogen and oxygen atoms in total. The predicted molar refractivity (Wildman–Crippen MR) is 119 cm³/mol. The number of nitro benzene ring substituents is 1. The number of benzene rings is 2. The van der Waals surface area contributed by atoms with E-state index in [1.807, 2.05) is 12.3 Å². The fourth-order valence-electron chi connectivity index (χ4n) is 2.57. The molecule has 0 unspecified atom stereocenters. The van der Waals surface area contributed by atoms with E-state index in [1.165, 1.54) is 23.5 Å². The molecule has 0 aliphatic carbocycles. The summed E-state index contributed by atoms with van der Waals surface area (Å²) in [5.74, 6) is 0.0935. The van der Waals surface area contributed by atoms with Crippen LogP contribution in [0.1, 0.15) is 28.7 Å². The van der Waals surface area contributed by atoms with Gasteiger partial charge >= 0.3 is 0 Å². The molecule has 0 saturated heterocycles. The number of nitro groups is 1. The summed E-state index contributed by atoms with van der Waals surface area (Å²) in [6, 6.07) is 9.32. The Bertz CT molecular complexity index is 1130. The number of Topliss-reactive ketones (excluding diaryl/α,β-unsaturated/α-hetero) is 1. The molecular weight excluding hydrogens is 447 g/mol. The Morgan fingerprint density at radius 3 is 2.53 bits per heavy atom. The van der Waals surface area contributed by atoms with E-state index in [4.69, 9.17) is 27.9 Å². The van der Waals surface area contributed by atoms with Gasteiger partial charge in [0.1, 0.15) is 22.4 Å². The summed E-state index contributed by atoms with van der Waals surface area (Å²) in [7, 11) is 0. The van der Waals surface area contributed by atoms with E-state index in [1.54, 1.807) is 24.3 Å². The van der Waals surface area contributed by atoms with Crippen LogP contribution in [-0.4, -0.2) is 15.7 Å². The van der Waals surface area contributed by atoms with Gasteiger partial charge in [-0.15, -0.1) is 11.3 Å². The lowest BCUT2D eigenvalue weighted by atomic mass is 10.0. The maximum absolute atomic E-state index is 12.3. The number of non-ortho nitro benzene ring substituents is 1. The molecule has 2 aromatic carbocycles. The van der Waals surface area contributed by atoms with E-state index in [-0.39, 0.29) is 33.7 Å². The van der Waals surface area contributed by atoms with E-state index in [0.717, 1.165) is 5.56 Å². The van der Waals surface area contributed by atoms with Crippen LogP contribution in [0, 0.1) is 10.1 Å². The lowest BCUT2D eigenvalue weighted by Crippen LogP contribution is -2.04. The SMILES string of the molecule is C=C(CC)C(=O)c1ccc(OCc2nc(-c3ccc([N+](=O)[O-])cc3)cs2)c(Cl)c1Cl. The van der Waals surface area contributed by atoms with Crippen molar-refractivity contribution < 1.29 is 14.5 Å². The van der Waals surface area contributed by atoms with Crippen LogP contribution in [0.4, 0.5) is 5.69 Å². The van der Waals surface area contributed by atoms with Crippen LogP contribution in [0.25, 0.3) is 11.3 Å². The number of halogens is 2. The number of hydrogen-bond acceptors (Lipinski definition) is 6. The largest absolute Gasteiger partial charge is 0.485 e. The minimum atomic E-state index is -0.448. The van der Waals surface area contributed by atoms with Gasteiger partial charge in [-0.05, 0) is 36.3 Å². The van der Waals surface area contributed by atoms with Gasteiger partial charge in [0, 0.05) is 28.6 Å². The summed E-state index contributed by atoms with van der Waals surface area (Å²) < 4.78 is 5.73. The fraction of sp³-hybridized carbons (Fsp3) is 0.143. The highest BCUT2D eigenvalue weighted by Gasteiger charge is 2.18. The Hall–Kier alpha value is -2.74. The summed E-state index contributed by atoms with van der Waals surface area (Å²) in [6.45, 7) is 5.73. The van der Waals surface area contributed by atoms with Gasteiger partial charge in [0.05, 0.1) is 15.6 Å². The monoisotopic (exact) mass is 462 g/mol. The first-order valence-corrected chi connectivity index (χ1v) is 10.5. The van der Waals surface area contributed by atoms with Crippen LogP contribution in [0.5, 0.6) is 5.75 Å². The maximum Gasteiger partial charge on any atom is 0.269 e. The van der Waals surface area contributed by atoms with Crippen molar-refractivity contribution in [1.29, 1.82) is 0 Å². The molecule has 0 atom stereocenters. The van der Waals surface area contributed by atoms with Crippen molar-refractivity contribution in [3.63, 3.8) is 0 Å². The fourth-order valence-corrected chi connectivity index (χ4v) is 3.75. The molecule has 0 N–H and O–H groups in total. The van der Waals surface area contributed by atoms with Crippen LogP contribution in [-0.2, 0) is 6.61 Å². The Kier molecular flexibility index (Phi) is 6.87. The number of thiazole rings is 1. The van der Waals surface area contributed by atoms with Crippen molar-refractivity contribution in [2.45, 2.75) is 20.0 Å². The molecule has 0 bridgehead atoms. The molecule has 0 radical (unpaired) electrons. The molecule has 0 spiro atoms. The molecule has 9 heteroatoms. The highest BCUT2D eigenvalue weighted by Crippen LogP contribution is 2.36.